The van der Waals surface area contributed by atoms with Gasteiger partial charge in [0, 0.05) is 55.2 Å². The number of fused-ring (bicyclic) bond motifs is 2. The lowest BCUT2D eigenvalue weighted by Crippen LogP contribution is -2.52. The van der Waals surface area contributed by atoms with E-state index in [4.69, 9.17) is 4.98 Å². The van der Waals surface area contributed by atoms with Crippen LogP contribution in [-0.2, 0) is 29.7 Å². The van der Waals surface area contributed by atoms with E-state index in [1.165, 1.54) is 5.56 Å². The third-order valence-electron chi connectivity index (χ3n) is 7.91. The first-order valence-electron chi connectivity index (χ1n) is 12.8. The van der Waals surface area contributed by atoms with Crippen LogP contribution in [-0.4, -0.2) is 56.2 Å². The molecule has 188 valence electrons. The Bertz CT molecular complexity index is 1480. The number of carbonyl (C=O) groups excluding carboxylic acids is 3. The maximum absolute atomic E-state index is 13.1. The highest BCUT2D eigenvalue weighted by atomic mass is 16.2. The Morgan fingerprint density at radius 3 is 2.68 bits per heavy atom. The van der Waals surface area contributed by atoms with Crippen LogP contribution in [0.15, 0.2) is 36.5 Å². The lowest BCUT2D eigenvalue weighted by molar-refractivity contribution is -0.136. The molecule has 9 heteroatoms. The molecule has 9 nitrogen and oxygen atoms in total. The first-order valence-corrected chi connectivity index (χ1v) is 12.8. The Balaban J connectivity index is 1.30. The van der Waals surface area contributed by atoms with E-state index in [1.807, 2.05) is 36.0 Å². The Kier molecular flexibility index (Phi) is 5.76. The van der Waals surface area contributed by atoms with Gasteiger partial charge in [0.1, 0.15) is 11.7 Å². The van der Waals surface area contributed by atoms with Crippen LogP contribution in [0.25, 0.3) is 22.3 Å². The number of carbonyl (C=O) groups is 3. The molecule has 3 aliphatic rings. The van der Waals surface area contributed by atoms with E-state index in [0.29, 0.717) is 18.5 Å². The van der Waals surface area contributed by atoms with Gasteiger partial charge in [-0.2, -0.15) is 5.26 Å². The maximum Gasteiger partial charge on any atom is 0.255 e. The van der Waals surface area contributed by atoms with Crippen LogP contribution < -0.4 is 5.32 Å². The van der Waals surface area contributed by atoms with Gasteiger partial charge in [-0.15, -0.1) is 0 Å². The second-order valence-corrected chi connectivity index (χ2v) is 10.3. The third-order valence-corrected chi connectivity index (χ3v) is 7.91. The van der Waals surface area contributed by atoms with Gasteiger partial charge in [-0.05, 0) is 67.7 Å². The molecule has 2 saturated heterocycles. The van der Waals surface area contributed by atoms with Crippen LogP contribution in [0.4, 0.5) is 0 Å². The van der Waals surface area contributed by atoms with E-state index in [9.17, 15) is 19.6 Å². The van der Waals surface area contributed by atoms with Gasteiger partial charge in [-0.3, -0.25) is 24.6 Å². The maximum atomic E-state index is 13.1. The molecule has 5 heterocycles. The molecule has 1 N–H and O–H groups in total. The van der Waals surface area contributed by atoms with Crippen molar-refractivity contribution in [2.75, 3.05) is 13.1 Å². The highest BCUT2D eigenvalue weighted by Crippen LogP contribution is 2.33. The Morgan fingerprint density at radius 2 is 1.92 bits per heavy atom. The Morgan fingerprint density at radius 1 is 1.11 bits per heavy atom. The van der Waals surface area contributed by atoms with E-state index >= 15 is 0 Å². The fourth-order valence-corrected chi connectivity index (χ4v) is 5.77. The number of aryl methyl sites for hydroxylation is 1. The molecule has 0 radical (unpaired) electrons. The number of rotatable bonds is 4. The predicted molar refractivity (Wildman–Crippen MR) is 136 cm³/mol. The molecular formula is C28H28N6O3. The molecule has 0 saturated carbocycles. The van der Waals surface area contributed by atoms with Gasteiger partial charge in [-0.1, -0.05) is 6.07 Å². The summed E-state index contributed by atoms with van der Waals surface area (Å²) < 4.78 is 2.02. The number of likely N-dealkylation sites (tertiary alicyclic amines) is 1. The normalized spacial score (nSPS) is 20.8. The van der Waals surface area contributed by atoms with Crippen LogP contribution in [0.5, 0.6) is 0 Å². The van der Waals surface area contributed by atoms with Gasteiger partial charge in [0.05, 0.1) is 11.8 Å². The number of amides is 3. The van der Waals surface area contributed by atoms with Gasteiger partial charge < -0.3 is 9.47 Å². The molecule has 0 spiro atoms. The van der Waals surface area contributed by atoms with Crippen molar-refractivity contribution in [3.8, 4) is 17.3 Å². The number of piperidine rings is 2. The first kappa shape index (κ1) is 23.4. The van der Waals surface area contributed by atoms with Crippen LogP contribution in [0.3, 0.4) is 0 Å². The van der Waals surface area contributed by atoms with Gasteiger partial charge in [-0.25, -0.2) is 4.98 Å². The fourth-order valence-electron chi connectivity index (χ4n) is 5.77. The number of nitriles is 1. The van der Waals surface area contributed by atoms with Crippen LogP contribution in [0, 0.1) is 17.2 Å². The van der Waals surface area contributed by atoms with Crippen LogP contribution in [0.2, 0.25) is 0 Å². The summed E-state index contributed by atoms with van der Waals surface area (Å²) in [5, 5.41) is 12.7. The van der Waals surface area contributed by atoms with Crippen molar-refractivity contribution in [2.24, 2.45) is 13.0 Å². The molecule has 3 aliphatic heterocycles. The van der Waals surface area contributed by atoms with Crippen LogP contribution >= 0.6 is 0 Å². The molecule has 2 fully saturated rings. The Hall–Kier alpha value is -4.03. The van der Waals surface area contributed by atoms with E-state index in [1.54, 1.807) is 4.90 Å². The summed E-state index contributed by atoms with van der Waals surface area (Å²) in [6, 6.07) is 11.7. The highest BCUT2D eigenvalue weighted by Gasteiger charge is 2.39. The predicted octanol–water partition coefficient (Wildman–Crippen LogP) is 2.74. The lowest BCUT2D eigenvalue weighted by atomic mass is 9.97. The molecule has 0 aliphatic carbocycles. The minimum Gasteiger partial charge on any atom is -0.336 e. The topological polar surface area (TPSA) is 111 Å². The minimum atomic E-state index is -0.629. The van der Waals surface area contributed by atoms with E-state index < -0.39 is 11.9 Å². The van der Waals surface area contributed by atoms with Crippen molar-refractivity contribution in [3.63, 3.8) is 0 Å². The second kappa shape index (κ2) is 9.12. The number of aromatic nitrogens is 2. The number of hydrogen-bond donors (Lipinski definition) is 1. The summed E-state index contributed by atoms with van der Waals surface area (Å²) in [6.45, 7) is 2.94. The van der Waals surface area contributed by atoms with Gasteiger partial charge in [0.2, 0.25) is 11.8 Å². The van der Waals surface area contributed by atoms with Gasteiger partial charge in [0.25, 0.3) is 5.91 Å². The molecule has 6 rings (SSSR count). The first-order chi connectivity index (χ1) is 17.9. The molecule has 2 aromatic heterocycles. The fraction of sp³-hybridized carbons (Fsp3) is 0.393. The van der Waals surface area contributed by atoms with Crippen molar-refractivity contribution in [1.29, 1.82) is 5.26 Å². The molecule has 1 unspecified atom stereocenters. The highest BCUT2D eigenvalue weighted by molar-refractivity contribution is 6.05. The number of nitrogens with one attached hydrogen (secondary N) is 1. The van der Waals surface area contributed by atoms with Crippen molar-refractivity contribution in [2.45, 2.75) is 44.8 Å². The molecule has 37 heavy (non-hydrogen) atoms. The zero-order valence-electron chi connectivity index (χ0n) is 20.7. The number of pyridine rings is 1. The third kappa shape index (κ3) is 4.17. The smallest absolute Gasteiger partial charge is 0.255 e. The average molecular weight is 497 g/mol. The number of imide groups is 1. The van der Waals surface area contributed by atoms with Gasteiger partial charge >= 0.3 is 0 Å². The summed E-state index contributed by atoms with van der Waals surface area (Å²) in [6.07, 6.45) is 4.40. The molecule has 3 amide bonds. The zero-order chi connectivity index (χ0) is 25.7. The summed E-state index contributed by atoms with van der Waals surface area (Å²) >= 11 is 0. The van der Waals surface area contributed by atoms with E-state index in [0.717, 1.165) is 60.3 Å². The molecule has 3 aromatic rings. The van der Waals surface area contributed by atoms with Crippen molar-refractivity contribution >= 4 is 28.8 Å². The largest absolute Gasteiger partial charge is 0.336 e. The van der Waals surface area contributed by atoms with Crippen molar-refractivity contribution < 1.29 is 14.4 Å². The molecule has 1 aromatic carbocycles. The standard InChI is InChI=1S/C28H28N6O3/c1-32-9-8-21-20(15-33-10-6-17(14-29)7-11-33)13-23(30-26(21)32)18-2-3-22-19(12-18)16-34(28(22)37)24-4-5-25(35)31-27(24)36/h2-3,8-9,12-13,17,24H,4-7,10-11,15-16H2,1H3,(H,31,35,36). The van der Waals surface area contributed by atoms with E-state index in [-0.39, 0.29) is 24.2 Å². The minimum absolute atomic E-state index is 0.148. The van der Waals surface area contributed by atoms with Crippen LogP contribution in [0.1, 0.15) is 47.2 Å². The zero-order valence-corrected chi connectivity index (χ0v) is 20.7. The number of hydrogen-bond acceptors (Lipinski definition) is 6. The van der Waals surface area contributed by atoms with E-state index in [2.05, 4.69) is 28.4 Å². The molecular weight excluding hydrogens is 468 g/mol. The number of benzene rings is 1. The summed E-state index contributed by atoms with van der Waals surface area (Å²) in [5.41, 5.74) is 5.31. The molecule has 1 atom stereocenters. The summed E-state index contributed by atoms with van der Waals surface area (Å²) in [4.78, 5) is 46.0. The lowest BCUT2D eigenvalue weighted by Gasteiger charge is -2.29. The second-order valence-electron chi connectivity index (χ2n) is 10.3. The quantitative estimate of drug-likeness (QED) is 0.556. The van der Waals surface area contributed by atoms with Crippen molar-refractivity contribution in [1.82, 2.24) is 24.7 Å². The SMILES string of the molecule is Cn1ccc2c(CN3CCC(C#N)CC3)cc(-c3ccc4c(c3)CN(C3CCC(=O)NC3=O)C4=O)nc21. The molecule has 0 bridgehead atoms. The average Bonchev–Trinajstić information content (AvgIpc) is 3.44. The summed E-state index contributed by atoms with van der Waals surface area (Å²) in [5.74, 6) is -0.727. The summed E-state index contributed by atoms with van der Waals surface area (Å²) in [7, 11) is 1.99. The monoisotopic (exact) mass is 496 g/mol. The van der Waals surface area contributed by atoms with Gasteiger partial charge in [0.15, 0.2) is 0 Å². The number of nitrogens with zero attached hydrogens (tertiary/aromatic N) is 5. The van der Waals surface area contributed by atoms with Crippen molar-refractivity contribution in [3.05, 3.63) is 53.2 Å². The Labute approximate surface area is 214 Å².